The molecule has 0 saturated carbocycles. The van der Waals surface area contributed by atoms with Gasteiger partial charge in [-0.15, -0.1) is 47.5 Å². The minimum Gasteiger partial charge on any atom is -0.351 e. The third kappa shape index (κ3) is 10.5. The monoisotopic (exact) mass is 1230 g/mol. The molecular weight excluding hydrogens is 1170 g/mol. The normalized spacial score (nSPS) is 11.7. The Balaban J connectivity index is 0.000000162. The molecule has 14 rings (SSSR count). The Morgan fingerprint density at radius 3 is 1.35 bits per heavy atom. The molecule has 0 saturated heterocycles. The van der Waals surface area contributed by atoms with E-state index in [9.17, 15) is 0 Å². The first-order chi connectivity index (χ1) is 39.6. The van der Waals surface area contributed by atoms with Gasteiger partial charge in [0.2, 0.25) is 0 Å². The molecule has 6 nitrogen and oxygen atoms in total. The smallest absolute Gasteiger partial charge is 0.0602 e. The zero-order valence-corrected chi connectivity index (χ0v) is 47.9. The van der Waals surface area contributed by atoms with Gasteiger partial charge in [-0.05, 0) is 123 Å². The number of para-hydroxylation sites is 4. The van der Waals surface area contributed by atoms with Crippen LogP contribution in [0.3, 0.4) is 0 Å². The Kier molecular flexibility index (Phi) is 15.4. The van der Waals surface area contributed by atoms with E-state index in [0.29, 0.717) is 0 Å². The summed E-state index contributed by atoms with van der Waals surface area (Å²) in [5.74, 6) is 2.52. The third-order valence-corrected chi connectivity index (χ3v) is 15.7. The standard InChI is InChI=1S/C41H38N3.C33H22N3.Ir/c1-3-5-12-30(4-2)27-31-13-11-14-33(28-31)32-19-22-35(23-20-32)43-26-25-42-41(43)34-21-24-40-38(29-34)37-17-9-10-18-39(37)44(40)36-15-7-6-8-16-36;1-3-9-24(10-4-1)25-15-18-27(19-16-25)35-22-21-34-33(35)26-17-20-32-30(23-26)29-13-7-8-14-31(29)36(32)28-11-5-2-6-12-28;/h6-11,13-20,22-26,28-30H,3-5,12,27H2,1-2H3;1-16,18-23H;/q2*-1;. The van der Waals surface area contributed by atoms with Crippen molar-refractivity contribution in [3.63, 3.8) is 0 Å². The maximum atomic E-state index is 4.79. The second-order valence-electron chi connectivity index (χ2n) is 20.7. The van der Waals surface area contributed by atoms with Crippen LogP contribution in [-0.4, -0.2) is 28.2 Å². The number of imidazole rings is 2. The number of fused-ring (bicyclic) bond motifs is 6. The van der Waals surface area contributed by atoms with E-state index in [2.05, 4.69) is 269 Å². The van der Waals surface area contributed by atoms with Crippen LogP contribution in [0.4, 0.5) is 0 Å². The van der Waals surface area contributed by atoms with Crippen molar-refractivity contribution in [2.75, 3.05) is 0 Å². The van der Waals surface area contributed by atoms with E-state index in [0.717, 1.165) is 68.9 Å². The Bertz CT molecular complexity index is 4400. The molecule has 10 aromatic carbocycles. The van der Waals surface area contributed by atoms with Gasteiger partial charge in [0, 0.05) is 78.7 Å². The van der Waals surface area contributed by atoms with Crippen LogP contribution in [0.15, 0.2) is 261 Å². The van der Waals surface area contributed by atoms with Crippen LogP contribution in [0.1, 0.15) is 45.1 Å². The Labute approximate surface area is 487 Å². The zero-order valence-electron chi connectivity index (χ0n) is 45.5. The van der Waals surface area contributed by atoms with E-state index in [1.165, 1.54) is 86.1 Å². The maximum Gasteiger partial charge on any atom is 0.0602 e. The van der Waals surface area contributed by atoms with Gasteiger partial charge in [0.25, 0.3) is 0 Å². The fraction of sp³-hybridized carbons (Fsp3) is 0.108. The molecule has 7 heteroatoms. The fourth-order valence-corrected chi connectivity index (χ4v) is 11.6. The quantitative estimate of drug-likeness (QED) is 0.102. The summed E-state index contributed by atoms with van der Waals surface area (Å²) in [5.41, 5.74) is 17.4. The Morgan fingerprint density at radius 2 is 0.852 bits per heavy atom. The molecule has 0 amide bonds. The van der Waals surface area contributed by atoms with Crippen molar-refractivity contribution in [2.45, 2.75) is 46.0 Å². The first-order valence-corrected chi connectivity index (χ1v) is 28.0. The van der Waals surface area contributed by atoms with Crippen molar-refractivity contribution in [2.24, 2.45) is 5.92 Å². The average molecular weight is 1230 g/mol. The van der Waals surface area contributed by atoms with Crippen molar-refractivity contribution in [3.05, 3.63) is 279 Å². The summed E-state index contributed by atoms with van der Waals surface area (Å²) in [6.45, 7) is 4.61. The van der Waals surface area contributed by atoms with Gasteiger partial charge in [0.1, 0.15) is 0 Å². The molecule has 14 aromatic rings. The third-order valence-electron chi connectivity index (χ3n) is 15.7. The van der Waals surface area contributed by atoms with E-state index in [1.807, 2.05) is 36.9 Å². The van der Waals surface area contributed by atoms with Crippen LogP contribution in [0.25, 0.3) is 111 Å². The zero-order chi connectivity index (χ0) is 53.8. The van der Waals surface area contributed by atoms with Crippen LogP contribution in [0.2, 0.25) is 0 Å². The Hall–Kier alpha value is -9.13. The Morgan fingerprint density at radius 1 is 0.407 bits per heavy atom. The first kappa shape index (κ1) is 52.6. The van der Waals surface area contributed by atoms with Gasteiger partial charge in [0.15, 0.2) is 0 Å². The molecule has 0 aliphatic carbocycles. The molecule has 1 radical (unpaired) electrons. The predicted octanol–water partition coefficient (Wildman–Crippen LogP) is 19.0. The topological polar surface area (TPSA) is 45.5 Å². The molecule has 1 unspecified atom stereocenters. The molecule has 81 heavy (non-hydrogen) atoms. The van der Waals surface area contributed by atoms with Gasteiger partial charge < -0.3 is 18.3 Å². The van der Waals surface area contributed by atoms with Crippen LogP contribution in [-0.2, 0) is 26.5 Å². The summed E-state index contributed by atoms with van der Waals surface area (Å²) >= 11 is 0. The average Bonchev–Trinajstić information content (AvgIpc) is 4.47. The first-order valence-electron chi connectivity index (χ1n) is 28.0. The van der Waals surface area contributed by atoms with Gasteiger partial charge in [-0.2, -0.15) is 0 Å². The molecule has 0 aliphatic heterocycles. The molecule has 4 aromatic heterocycles. The number of hydrogen-bond donors (Lipinski definition) is 0. The summed E-state index contributed by atoms with van der Waals surface area (Å²) in [5, 5.41) is 4.83. The van der Waals surface area contributed by atoms with Crippen LogP contribution in [0.5, 0.6) is 0 Å². The summed E-state index contributed by atoms with van der Waals surface area (Å²) in [7, 11) is 0. The van der Waals surface area contributed by atoms with Crippen LogP contribution in [0, 0.1) is 18.1 Å². The summed E-state index contributed by atoms with van der Waals surface area (Å²) < 4.78 is 8.91. The van der Waals surface area contributed by atoms with Crippen LogP contribution >= 0.6 is 0 Å². The van der Waals surface area contributed by atoms with E-state index >= 15 is 0 Å². The van der Waals surface area contributed by atoms with Gasteiger partial charge in [0.05, 0.1) is 11.6 Å². The number of unbranched alkanes of at least 4 members (excludes halogenated alkanes) is 1. The van der Waals surface area contributed by atoms with Crippen LogP contribution < -0.4 is 0 Å². The largest absolute Gasteiger partial charge is 0.351 e. The van der Waals surface area contributed by atoms with Gasteiger partial charge >= 0.3 is 0 Å². The second-order valence-corrected chi connectivity index (χ2v) is 20.7. The summed E-state index contributed by atoms with van der Waals surface area (Å²) in [6.07, 6.45) is 14.1. The minimum absolute atomic E-state index is 0. The van der Waals surface area contributed by atoms with Crippen molar-refractivity contribution in [1.29, 1.82) is 0 Å². The molecule has 0 bridgehead atoms. The van der Waals surface area contributed by atoms with Gasteiger partial charge in [-0.3, -0.25) is 9.97 Å². The molecule has 0 fully saturated rings. The second kappa shape index (κ2) is 23.7. The molecule has 1 atom stereocenters. The number of hydrogen-bond acceptors (Lipinski definition) is 2. The van der Waals surface area contributed by atoms with Gasteiger partial charge in [-0.25, -0.2) is 0 Å². The molecule has 0 spiro atoms. The number of nitrogens with zero attached hydrogens (tertiary/aromatic N) is 6. The SMILES string of the molecule is CCCCC(CC)Cc1cccc(-c2ccc(-n3ccnc3-c3[c-]cc4c(c3)c3ccccc3n4-c3ccccc3)cc2)c1.[Ir].[c-]1cc2c(cc1-c1nccn1-c1ccc(-c3ccccc3)cc1)c1ccccc1n2-c1ccccc1. The van der Waals surface area contributed by atoms with Gasteiger partial charge in [-0.1, -0.05) is 202 Å². The number of aromatic nitrogens is 6. The number of rotatable bonds is 14. The van der Waals surface area contributed by atoms with Crippen molar-refractivity contribution >= 4 is 43.6 Å². The van der Waals surface area contributed by atoms with Crippen molar-refractivity contribution < 1.29 is 20.1 Å². The number of benzene rings is 10. The predicted molar refractivity (Wildman–Crippen MR) is 332 cm³/mol. The molecule has 0 aliphatic rings. The van der Waals surface area contributed by atoms with E-state index < -0.39 is 0 Å². The molecular formula is C74H60IrN6-2. The summed E-state index contributed by atoms with van der Waals surface area (Å²) in [6, 6.07) is 91.0. The van der Waals surface area contributed by atoms with E-state index in [4.69, 9.17) is 9.97 Å². The fourth-order valence-electron chi connectivity index (χ4n) is 11.6. The molecule has 397 valence electrons. The maximum absolute atomic E-state index is 4.79. The van der Waals surface area contributed by atoms with E-state index in [-0.39, 0.29) is 20.1 Å². The summed E-state index contributed by atoms with van der Waals surface area (Å²) in [4.78, 5) is 9.51. The van der Waals surface area contributed by atoms with E-state index in [1.54, 1.807) is 0 Å². The van der Waals surface area contributed by atoms with Crippen molar-refractivity contribution in [1.82, 2.24) is 28.2 Å². The molecule has 0 N–H and O–H groups in total. The molecule has 4 heterocycles. The van der Waals surface area contributed by atoms with Crippen molar-refractivity contribution in [3.8, 4) is 67.8 Å². The minimum atomic E-state index is 0.